The molecule has 0 saturated carbocycles. The molecule has 216 valence electrons. The van der Waals surface area contributed by atoms with Crippen LogP contribution in [-0.2, 0) is 11.3 Å². The number of hydrogen-bond donors (Lipinski definition) is 3. The minimum absolute atomic E-state index is 0.195. The number of carbonyl (C=O) groups is 1. The lowest BCUT2D eigenvalue weighted by molar-refractivity contribution is 0.0520. The van der Waals surface area contributed by atoms with E-state index in [1.807, 2.05) is 43.3 Å². The van der Waals surface area contributed by atoms with E-state index in [0.29, 0.717) is 40.8 Å². The van der Waals surface area contributed by atoms with E-state index in [9.17, 15) is 9.18 Å². The van der Waals surface area contributed by atoms with Gasteiger partial charge in [-0.3, -0.25) is 4.98 Å². The van der Waals surface area contributed by atoms with Gasteiger partial charge in [0, 0.05) is 11.3 Å². The summed E-state index contributed by atoms with van der Waals surface area (Å²) in [4.78, 5) is 37.9. The summed E-state index contributed by atoms with van der Waals surface area (Å²) in [6.45, 7) is 8.11. The number of nitrogens with one attached hydrogen (secondary N) is 3. The fraction of sp³-hybridized carbons (Fsp3) is 0.267. The average molecular weight is 571 g/mol. The highest BCUT2D eigenvalue weighted by molar-refractivity contribution is 5.85. The standard InChI is InChI=1S/C30H31FN8O3/c1-18-6-5-7-22(36-18)28-27(38-25(39-28)16-35-24-11-9-20(31)15-34-24)19-8-10-21-23(14-19)37-26(17-33-21)41-13-12-32-29(40)42-30(2,3)4/h5-11,14-15,17H,12-13,16H2,1-4H3,(H,32,40)(H,34,35)(H,38,39). The van der Waals surface area contributed by atoms with Gasteiger partial charge in [-0.1, -0.05) is 12.1 Å². The van der Waals surface area contributed by atoms with Crippen LogP contribution in [0.5, 0.6) is 5.88 Å². The van der Waals surface area contributed by atoms with Crippen molar-refractivity contribution in [2.75, 3.05) is 18.5 Å². The third-order valence-electron chi connectivity index (χ3n) is 5.88. The third-order valence-corrected chi connectivity index (χ3v) is 5.88. The van der Waals surface area contributed by atoms with E-state index in [2.05, 4.69) is 35.6 Å². The maximum absolute atomic E-state index is 13.3. The molecule has 0 aliphatic heterocycles. The van der Waals surface area contributed by atoms with Crippen molar-refractivity contribution in [3.63, 3.8) is 0 Å². The first-order valence-electron chi connectivity index (χ1n) is 13.4. The summed E-state index contributed by atoms with van der Waals surface area (Å²) in [6, 6.07) is 14.4. The maximum atomic E-state index is 13.3. The van der Waals surface area contributed by atoms with Crippen LogP contribution < -0.4 is 15.4 Å². The molecule has 11 nitrogen and oxygen atoms in total. The maximum Gasteiger partial charge on any atom is 0.407 e. The van der Waals surface area contributed by atoms with E-state index in [1.165, 1.54) is 6.07 Å². The van der Waals surface area contributed by atoms with Gasteiger partial charge in [0.15, 0.2) is 0 Å². The second kappa shape index (κ2) is 12.2. The van der Waals surface area contributed by atoms with Crippen LogP contribution in [-0.4, -0.2) is 54.7 Å². The summed E-state index contributed by atoms with van der Waals surface area (Å²) in [5.41, 5.74) is 4.58. The highest BCUT2D eigenvalue weighted by atomic mass is 19.1. The normalized spacial score (nSPS) is 11.4. The van der Waals surface area contributed by atoms with Crippen LogP contribution in [0.1, 0.15) is 32.3 Å². The van der Waals surface area contributed by atoms with Crippen molar-refractivity contribution in [2.24, 2.45) is 0 Å². The summed E-state index contributed by atoms with van der Waals surface area (Å²) in [7, 11) is 0. The number of rotatable bonds is 9. The highest BCUT2D eigenvalue weighted by Gasteiger charge is 2.18. The van der Waals surface area contributed by atoms with Crippen molar-refractivity contribution < 1.29 is 18.7 Å². The van der Waals surface area contributed by atoms with Crippen molar-refractivity contribution in [1.82, 2.24) is 35.2 Å². The number of fused-ring (bicyclic) bond motifs is 1. The molecule has 0 radical (unpaired) electrons. The number of aromatic amines is 1. The summed E-state index contributed by atoms with van der Waals surface area (Å²) in [6.07, 6.45) is 2.19. The van der Waals surface area contributed by atoms with Gasteiger partial charge in [0.2, 0.25) is 5.88 Å². The molecule has 0 aliphatic carbocycles. The number of aryl methyl sites for hydroxylation is 1. The zero-order valence-corrected chi connectivity index (χ0v) is 23.7. The van der Waals surface area contributed by atoms with Gasteiger partial charge in [0.25, 0.3) is 0 Å². The molecule has 0 atom stereocenters. The largest absolute Gasteiger partial charge is 0.475 e. The van der Waals surface area contributed by atoms with Crippen LogP contribution in [0.2, 0.25) is 0 Å². The summed E-state index contributed by atoms with van der Waals surface area (Å²) < 4.78 is 24.2. The number of nitrogens with zero attached hydrogens (tertiary/aromatic N) is 5. The number of halogens is 1. The molecule has 5 rings (SSSR count). The number of anilines is 1. The number of H-pyrrole nitrogens is 1. The fourth-order valence-electron chi connectivity index (χ4n) is 4.07. The minimum Gasteiger partial charge on any atom is -0.475 e. The van der Waals surface area contributed by atoms with Crippen LogP contribution >= 0.6 is 0 Å². The summed E-state index contributed by atoms with van der Waals surface area (Å²) in [5, 5.41) is 5.81. The zero-order valence-electron chi connectivity index (χ0n) is 23.7. The monoisotopic (exact) mass is 570 g/mol. The van der Waals surface area contributed by atoms with Gasteiger partial charge in [0.1, 0.15) is 29.7 Å². The lowest BCUT2D eigenvalue weighted by Crippen LogP contribution is -2.34. The first-order valence-corrected chi connectivity index (χ1v) is 13.4. The van der Waals surface area contributed by atoms with Crippen molar-refractivity contribution in [2.45, 2.75) is 39.8 Å². The van der Waals surface area contributed by atoms with E-state index >= 15 is 0 Å². The molecule has 3 N–H and O–H groups in total. The Bertz CT molecular complexity index is 1700. The molecule has 1 aromatic carbocycles. The van der Waals surface area contributed by atoms with Crippen molar-refractivity contribution in [3.8, 4) is 28.5 Å². The molecule has 12 heteroatoms. The molecule has 5 aromatic rings. The predicted molar refractivity (Wildman–Crippen MR) is 156 cm³/mol. The molecule has 0 fully saturated rings. The molecule has 4 heterocycles. The van der Waals surface area contributed by atoms with Gasteiger partial charge in [-0.25, -0.2) is 29.1 Å². The molecule has 1 amide bonds. The molecule has 0 spiro atoms. The number of hydrogen-bond acceptors (Lipinski definition) is 9. The lowest BCUT2D eigenvalue weighted by atomic mass is 10.1. The smallest absolute Gasteiger partial charge is 0.407 e. The Morgan fingerprint density at radius 1 is 1.00 bits per heavy atom. The molecular weight excluding hydrogens is 539 g/mol. The number of ether oxygens (including phenoxy) is 2. The number of pyridine rings is 2. The van der Waals surface area contributed by atoms with Gasteiger partial charge in [-0.05, 0) is 64.1 Å². The molecule has 4 aromatic heterocycles. The topological polar surface area (TPSA) is 140 Å². The number of carbonyl (C=O) groups excluding carboxylic acids is 1. The zero-order chi connectivity index (χ0) is 29.7. The molecule has 0 saturated heterocycles. The molecule has 0 bridgehead atoms. The van der Waals surface area contributed by atoms with E-state index in [-0.39, 0.29) is 13.2 Å². The molecular formula is C30H31FN8O3. The van der Waals surface area contributed by atoms with Crippen LogP contribution in [0.4, 0.5) is 15.0 Å². The van der Waals surface area contributed by atoms with Gasteiger partial charge in [-0.2, -0.15) is 0 Å². The van der Waals surface area contributed by atoms with E-state index < -0.39 is 17.5 Å². The predicted octanol–water partition coefficient (Wildman–Crippen LogP) is 5.44. The quantitative estimate of drug-likeness (QED) is 0.198. The molecule has 0 unspecified atom stereocenters. The Hall–Kier alpha value is -5.13. The van der Waals surface area contributed by atoms with E-state index in [0.717, 1.165) is 28.8 Å². The Balaban J connectivity index is 1.37. The second-order valence-corrected chi connectivity index (χ2v) is 10.5. The van der Waals surface area contributed by atoms with Crippen molar-refractivity contribution >= 4 is 22.9 Å². The van der Waals surface area contributed by atoms with Crippen LogP contribution in [0.25, 0.3) is 33.7 Å². The van der Waals surface area contributed by atoms with Crippen LogP contribution in [0.3, 0.4) is 0 Å². The summed E-state index contributed by atoms with van der Waals surface area (Å²) >= 11 is 0. The number of benzene rings is 1. The van der Waals surface area contributed by atoms with Gasteiger partial charge in [-0.15, -0.1) is 0 Å². The van der Waals surface area contributed by atoms with E-state index in [1.54, 1.807) is 33.0 Å². The Kier molecular flexibility index (Phi) is 8.23. The Morgan fingerprint density at radius 3 is 2.62 bits per heavy atom. The third kappa shape index (κ3) is 7.33. The molecule has 0 aliphatic rings. The second-order valence-electron chi connectivity index (χ2n) is 10.5. The lowest BCUT2D eigenvalue weighted by Gasteiger charge is -2.19. The van der Waals surface area contributed by atoms with E-state index in [4.69, 9.17) is 14.5 Å². The SMILES string of the molecule is Cc1cccc(-c2[nH]c(CNc3ccc(F)cn3)nc2-c2ccc3ncc(OCCNC(=O)OC(C)(C)C)nc3c2)n1. The summed E-state index contributed by atoms with van der Waals surface area (Å²) in [5.74, 6) is 1.10. The van der Waals surface area contributed by atoms with Crippen LogP contribution in [0, 0.1) is 12.7 Å². The Labute approximate surface area is 242 Å². The average Bonchev–Trinajstić information content (AvgIpc) is 3.38. The fourth-order valence-corrected chi connectivity index (χ4v) is 4.07. The Morgan fingerprint density at radius 2 is 1.86 bits per heavy atom. The minimum atomic E-state index is -0.576. The first-order chi connectivity index (χ1) is 20.1. The van der Waals surface area contributed by atoms with Gasteiger partial charge < -0.3 is 25.1 Å². The van der Waals surface area contributed by atoms with Crippen LogP contribution in [0.15, 0.2) is 60.9 Å². The molecule has 42 heavy (non-hydrogen) atoms. The highest BCUT2D eigenvalue weighted by Crippen LogP contribution is 2.31. The van der Waals surface area contributed by atoms with Gasteiger partial charge >= 0.3 is 6.09 Å². The number of imidazole rings is 1. The number of aromatic nitrogens is 6. The van der Waals surface area contributed by atoms with Crippen molar-refractivity contribution in [3.05, 3.63) is 78.3 Å². The number of amides is 1. The number of alkyl carbamates (subject to hydrolysis) is 1. The van der Waals surface area contributed by atoms with Crippen molar-refractivity contribution in [1.29, 1.82) is 0 Å². The van der Waals surface area contributed by atoms with Gasteiger partial charge in [0.05, 0.1) is 53.6 Å². The first kappa shape index (κ1) is 28.4.